The predicted molar refractivity (Wildman–Crippen MR) is 49.1 cm³/mol. The maximum Gasteiger partial charge on any atom is -0.00943 e. The molecule has 0 spiro atoms. The summed E-state index contributed by atoms with van der Waals surface area (Å²) in [6.45, 7) is 0. The van der Waals surface area contributed by atoms with E-state index in [0.717, 1.165) is 6.42 Å². The quantitative estimate of drug-likeness (QED) is 0.546. The standard InChI is InChI=1S/C9H10S/c10-8-4-7-9-5-2-1-3-6-9/h1-5,7-8,10H,6H2/b8-4-,9-7-. The molecule has 0 atom stereocenters. The summed E-state index contributed by atoms with van der Waals surface area (Å²) in [5, 5.41) is 1.74. The van der Waals surface area contributed by atoms with E-state index in [1.54, 1.807) is 5.41 Å². The van der Waals surface area contributed by atoms with Crippen molar-refractivity contribution in [2.24, 2.45) is 0 Å². The summed E-state index contributed by atoms with van der Waals surface area (Å²) in [5.41, 5.74) is 1.33. The molecule has 0 aliphatic heterocycles. The Bertz CT molecular complexity index is 207. The topological polar surface area (TPSA) is 0 Å². The van der Waals surface area contributed by atoms with Gasteiger partial charge in [-0.05, 0) is 17.4 Å². The van der Waals surface area contributed by atoms with Crippen molar-refractivity contribution in [3.8, 4) is 0 Å². The minimum atomic E-state index is 1.04. The van der Waals surface area contributed by atoms with Crippen molar-refractivity contribution < 1.29 is 0 Å². The SMILES string of the molecule is S/C=C\C=C1\C=CC=CC1. The normalized spacial score (nSPS) is 21.1. The van der Waals surface area contributed by atoms with Gasteiger partial charge in [0.25, 0.3) is 0 Å². The summed E-state index contributed by atoms with van der Waals surface area (Å²) in [4.78, 5) is 0. The van der Waals surface area contributed by atoms with Crippen molar-refractivity contribution >= 4 is 12.6 Å². The first-order valence-electron chi connectivity index (χ1n) is 3.26. The highest BCUT2D eigenvalue weighted by Crippen LogP contribution is 2.09. The van der Waals surface area contributed by atoms with Crippen molar-refractivity contribution in [3.63, 3.8) is 0 Å². The van der Waals surface area contributed by atoms with Crippen molar-refractivity contribution in [3.05, 3.63) is 47.4 Å². The molecule has 0 aromatic heterocycles. The van der Waals surface area contributed by atoms with E-state index in [4.69, 9.17) is 0 Å². The maximum absolute atomic E-state index is 3.95. The highest BCUT2D eigenvalue weighted by atomic mass is 32.1. The predicted octanol–water partition coefficient (Wildman–Crippen LogP) is 2.87. The Balaban J connectivity index is 2.58. The number of thiol groups is 1. The Kier molecular flexibility index (Phi) is 3.10. The number of hydrogen-bond donors (Lipinski definition) is 1. The molecule has 0 heterocycles. The fraction of sp³-hybridized carbons (Fsp3) is 0.111. The van der Waals surface area contributed by atoms with Crippen LogP contribution in [0.4, 0.5) is 0 Å². The maximum atomic E-state index is 3.95. The lowest BCUT2D eigenvalue weighted by atomic mass is 10.1. The summed E-state index contributed by atoms with van der Waals surface area (Å²) < 4.78 is 0. The first-order valence-corrected chi connectivity index (χ1v) is 3.78. The molecule has 0 fully saturated rings. The van der Waals surface area contributed by atoms with Crippen LogP contribution in [0.5, 0.6) is 0 Å². The lowest BCUT2D eigenvalue weighted by molar-refractivity contribution is 1.26. The van der Waals surface area contributed by atoms with Gasteiger partial charge in [-0.1, -0.05) is 36.5 Å². The van der Waals surface area contributed by atoms with E-state index >= 15 is 0 Å². The van der Waals surface area contributed by atoms with Crippen LogP contribution in [0.2, 0.25) is 0 Å². The van der Waals surface area contributed by atoms with Gasteiger partial charge in [-0.25, -0.2) is 0 Å². The van der Waals surface area contributed by atoms with Crippen LogP contribution < -0.4 is 0 Å². The third-order valence-electron chi connectivity index (χ3n) is 1.31. The van der Waals surface area contributed by atoms with Gasteiger partial charge in [0.1, 0.15) is 0 Å². The summed E-state index contributed by atoms with van der Waals surface area (Å²) >= 11 is 3.95. The molecule has 0 saturated heterocycles. The number of hydrogen-bond acceptors (Lipinski definition) is 1. The molecule has 0 aromatic carbocycles. The van der Waals surface area contributed by atoms with Crippen LogP contribution in [0.15, 0.2) is 47.4 Å². The monoisotopic (exact) mass is 150 g/mol. The highest BCUT2D eigenvalue weighted by Gasteiger charge is 1.89. The first kappa shape index (κ1) is 7.42. The van der Waals surface area contributed by atoms with Gasteiger partial charge < -0.3 is 0 Å². The minimum Gasteiger partial charge on any atom is -0.151 e. The van der Waals surface area contributed by atoms with Gasteiger partial charge >= 0.3 is 0 Å². The van der Waals surface area contributed by atoms with Gasteiger partial charge in [0.05, 0.1) is 0 Å². The van der Waals surface area contributed by atoms with E-state index in [-0.39, 0.29) is 0 Å². The third kappa shape index (κ3) is 2.28. The molecule has 0 nitrogen and oxygen atoms in total. The number of rotatable bonds is 1. The van der Waals surface area contributed by atoms with Gasteiger partial charge in [-0.15, -0.1) is 0 Å². The minimum absolute atomic E-state index is 1.04. The van der Waals surface area contributed by atoms with Gasteiger partial charge in [0.2, 0.25) is 0 Å². The Morgan fingerprint density at radius 1 is 1.40 bits per heavy atom. The second-order valence-electron chi connectivity index (χ2n) is 2.07. The Morgan fingerprint density at radius 3 is 2.90 bits per heavy atom. The van der Waals surface area contributed by atoms with Crippen molar-refractivity contribution in [2.45, 2.75) is 6.42 Å². The van der Waals surface area contributed by atoms with Crippen LogP contribution in [-0.4, -0.2) is 0 Å². The smallest absolute Gasteiger partial charge is 0.00943 e. The molecular weight excluding hydrogens is 140 g/mol. The van der Waals surface area contributed by atoms with Gasteiger partial charge in [0, 0.05) is 0 Å². The molecule has 0 aromatic rings. The summed E-state index contributed by atoms with van der Waals surface area (Å²) in [6.07, 6.45) is 13.4. The van der Waals surface area contributed by atoms with Gasteiger partial charge in [-0.3, -0.25) is 0 Å². The zero-order valence-corrected chi connectivity index (χ0v) is 6.59. The molecule has 0 radical (unpaired) electrons. The zero-order valence-electron chi connectivity index (χ0n) is 5.70. The fourth-order valence-corrected chi connectivity index (χ4v) is 0.906. The first-order chi connectivity index (χ1) is 4.93. The molecule has 0 amide bonds. The van der Waals surface area contributed by atoms with E-state index in [9.17, 15) is 0 Å². The summed E-state index contributed by atoms with van der Waals surface area (Å²) in [5.74, 6) is 0. The molecule has 52 valence electrons. The van der Waals surface area contributed by atoms with Crippen molar-refractivity contribution in [2.75, 3.05) is 0 Å². The van der Waals surface area contributed by atoms with E-state index < -0.39 is 0 Å². The van der Waals surface area contributed by atoms with E-state index in [0.29, 0.717) is 0 Å². The van der Waals surface area contributed by atoms with E-state index in [1.165, 1.54) is 5.57 Å². The average molecular weight is 150 g/mol. The van der Waals surface area contributed by atoms with Crippen LogP contribution in [0.25, 0.3) is 0 Å². The van der Waals surface area contributed by atoms with Crippen LogP contribution >= 0.6 is 12.6 Å². The van der Waals surface area contributed by atoms with Crippen LogP contribution in [0.1, 0.15) is 6.42 Å². The van der Waals surface area contributed by atoms with E-state index in [2.05, 4.69) is 36.9 Å². The van der Waals surface area contributed by atoms with Crippen molar-refractivity contribution in [1.82, 2.24) is 0 Å². The van der Waals surface area contributed by atoms with Gasteiger partial charge in [0.15, 0.2) is 0 Å². The zero-order chi connectivity index (χ0) is 7.23. The lowest BCUT2D eigenvalue weighted by Crippen LogP contribution is -1.77. The highest BCUT2D eigenvalue weighted by molar-refractivity contribution is 7.83. The summed E-state index contributed by atoms with van der Waals surface area (Å²) in [7, 11) is 0. The second kappa shape index (κ2) is 4.18. The average Bonchev–Trinajstić information content (AvgIpc) is 2.03. The molecule has 1 heteroatoms. The fourth-order valence-electron chi connectivity index (χ4n) is 0.820. The Hall–Kier alpha value is -0.690. The molecule has 0 unspecified atom stereocenters. The molecule has 0 N–H and O–H groups in total. The van der Waals surface area contributed by atoms with Crippen LogP contribution in [0, 0.1) is 0 Å². The molecule has 0 saturated carbocycles. The van der Waals surface area contributed by atoms with Crippen LogP contribution in [0.3, 0.4) is 0 Å². The Labute approximate surface area is 67.0 Å². The molecule has 10 heavy (non-hydrogen) atoms. The molecular formula is C9H10S. The van der Waals surface area contributed by atoms with Crippen molar-refractivity contribution in [1.29, 1.82) is 0 Å². The molecule has 0 bridgehead atoms. The Morgan fingerprint density at radius 2 is 2.30 bits per heavy atom. The van der Waals surface area contributed by atoms with Gasteiger partial charge in [-0.2, -0.15) is 12.6 Å². The second-order valence-corrected chi connectivity index (χ2v) is 2.37. The largest absolute Gasteiger partial charge is 0.151 e. The molecule has 1 aliphatic rings. The van der Waals surface area contributed by atoms with E-state index in [1.807, 2.05) is 12.2 Å². The third-order valence-corrected chi connectivity index (χ3v) is 1.48. The lowest BCUT2D eigenvalue weighted by Gasteiger charge is -1.98. The van der Waals surface area contributed by atoms with Crippen LogP contribution in [-0.2, 0) is 0 Å². The number of allylic oxidation sites excluding steroid dienone is 7. The molecule has 1 rings (SSSR count). The summed E-state index contributed by atoms with van der Waals surface area (Å²) in [6, 6.07) is 0. The molecule has 1 aliphatic carbocycles.